The molecule has 0 aliphatic heterocycles. The molecule has 0 saturated carbocycles. The number of nitrogens with two attached hydrogens (primary N) is 1. The number of halogens is 1. The quantitative estimate of drug-likeness (QED) is 0.852. The first-order chi connectivity index (χ1) is 9.18. The van der Waals surface area contributed by atoms with Crippen molar-refractivity contribution in [1.82, 2.24) is 4.98 Å². The highest BCUT2D eigenvalue weighted by molar-refractivity contribution is 7.80. The Morgan fingerprint density at radius 3 is 2.58 bits per heavy atom. The zero-order valence-corrected chi connectivity index (χ0v) is 11.1. The van der Waals surface area contributed by atoms with Crippen LogP contribution in [-0.2, 0) is 0 Å². The third-order valence-electron chi connectivity index (χ3n) is 2.64. The number of para-hydroxylation sites is 1. The highest BCUT2D eigenvalue weighted by atomic mass is 32.1. The molecule has 98 valence electrons. The number of hydrogen-bond donors (Lipinski definition) is 1. The van der Waals surface area contributed by atoms with Gasteiger partial charge >= 0.3 is 0 Å². The summed E-state index contributed by atoms with van der Waals surface area (Å²) < 4.78 is 13.9. The minimum absolute atomic E-state index is 0.282. The molecule has 0 radical (unpaired) electrons. The van der Waals surface area contributed by atoms with Gasteiger partial charge in [0.05, 0.1) is 4.99 Å². The number of benzene rings is 1. The number of thiocarbonyl (C=S) groups is 1. The molecule has 5 heteroatoms. The fourth-order valence-electron chi connectivity index (χ4n) is 1.76. The van der Waals surface area contributed by atoms with E-state index in [1.807, 2.05) is 30.3 Å². The van der Waals surface area contributed by atoms with Crippen molar-refractivity contribution in [3.63, 3.8) is 0 Å². The second kappa shape index (κ2) is 6.24. The van der Waals surface area contributed by atoms with Gasteiger partial charge in [0.15, 0.2) is 11.6 Å². The summed E-state index contributed by atoms with van der Waals surface area (Å²) >= 11 is 4.88. The molecule has 0 unspecified atom stereocenters. The van der Waals surface area contributed by atoms with Crippen molar-refractivity contribution in [2.75, 3.05) is 11.4 Å². The van der Waals surface area contributed by atoms with E-state index in [1.165, 1.54) is 6.07 Å². The maximum atomic E-state index is 13.9. The van der Waals surface area contributed by atoms with E-state index in [9.17, 15) is 4.39 Å². The van der Waals surface area contributed by atoms with Crippen molar-refractivity contribution in [3.05, 3.63) is 54.5 Å². The molecule has 0 bridgehead atoms. The van der Waals surface area contributed by atoms with E-state index < -0.39 is 0 Å². The molecule has 0 fully saturated rings. The van der Waals surface area contributed by atoms with Crippen LogP contribution in [0.25, 0.3) is 0 Å². The van der Waals surface area contributed by atoms with E-state index in [4.69, 9.17) is 18.0 Å². The van der Waals surface area contributed by atoms with E-state index in [0.29, 0.717) is 18.0 Å². The van der Waals surface area contributed by atoms with Crippen molar-refractivity contribution in [2.45, 2.75) is 6.42 Å². The van der Waals surface area contributed by atoms with Crippen LogP contribution in [0.4, 0.5) is 15.9 Å². The van der Waals surface area contributed by atoms with Gasteiger partial charge in [-0.15, -0.1) is 0 Å². The standard InChI is InChI=1S/C14H14FN3S/c15-12-7-4-9-17-14(12)18(10-8-13(16)19)11-5-2-1-3-6-11/h1-7,9H,8,10H2,(H2,16,19). The molecule has 1 aromatic heterocycles. The highest BCUT2D eigenvalue weighted by Gasteiger charge is 2.14. The van der Waals surface area contributed by atoms with Crippen molar-refractivity contribution < 1.29 is 4.39 Å². The van der Waals surface area contributed by atoms with Gasteiger partial charge in [-0.3, -0.25) is 0 Å². The lowest BCUT2D eigenvalue weighted by Crippen LogP contribution is -2.24. The molecular formula is C14H14FN3S. The molecular weight excluding hydrogens is 261 g/mol. The lowest BCUT2D eigenvalue weighted by molar-refractivity contribution is 0.618. The summed E-state index contributed by atoms with van der Waals surface area (Å²) in [6, 6.07) is 12.4. The third-order valence-corrected chi connectivity index (χ3v) is 2.85. The van der Waals surface area contributed by atoms with E-state index >= 15 is 0 Å². The van der Waals surface area contributed by atoms with Crippen molar-refractivity contribution in [3.8, 4) is 0 Å². The Labute approximate surface area is 116 Å². The molecule has 0 atom stereocenters. The third kappa shape index (κ3) is 3.48. The van der Waals surface area contributed by atoms with E-state index in [1.54, 1.807) is 17.2 Å². The Morgan fingerprint density at radius 2 is 1.95 bits per heavy atom. The number of anilines is 2. The lowest BCUT2D eigenvalue weighted by Gasteiger charge is -2.23. The Balaban J connectivity index is 2.35. The topological polar surface area (TPSA) is 42.1 Å². The van der Waals surface area contributed by atoms with Gasteiger partial charge in [0.2, 0.25) is 0 Å². The van der Waals surface area contributed by atoms with Gasteiger partial charge in [-0.2, -0.15) is 0 Å². The van der Waals surface area contributed by atoms with E-state index in [-0.39, 0.29) is 11.6 Å². The monoisotopic (exact) mass is 275 g/mol. The highest BCUT2D eigenvalue weighted by Crippen LogP contribution is 2.25. The van der Waals surface area contributed by atoms with Crippen molar-refractivity contribution in [1.29, 1.82) is 0 Å². The molecule has 2 rings (SSSR count). The molecule has 0 spiro atoms. The van der Waals surface area contributed by atoms with Gasteiger partial charge in [0.1, 0.15) is 0 Å². The number of rotatable bonds is 5. The van der Waals surface area contributed by atoms with Crippen LogP contribution in [-0.4, -0.2) is 16.5 Å². The first-order valence-electron chi connectivity index (χ1n) is 5.90. The Hall–Kier alpha value is -2.01. The maximum absolute atomic E-state index is 13.9. The van der Waals surface area contributed by atoms with Gasteiger partial charge in [0.25, 0.3) is 0 Å². The average molecular weight is 275 g/mol. The number of hydrogen-bond acceptors (Lipinski definition) is 3. The first-order valence-corrected chi connectivity index (χ1v) is 6.30. The van der Waals surface area contributed by atoms with Crippen LogP contribution in [0.15, 0.2) is 48.7 Å². The predicted molar refractivity (Wildman–Crippen MR) is 79.0 cm³/mol. The molecule has 1 heterocycles. The van der Waals surface area contributed by atoms with Gasteiger partial charge in [-0.05, 0) is 24.3 Å². The Bertz CT molecular complexity index is 560. The van der Waals surface area contributed by atoms with Crippen LogP contribution in [0.3, 0.4) is 0 Å². The molecule has 0 saturated heterocycles. The van der Waals surface area contributed by atoms with Gasteiger partial charge in [0, 0.05) is 24.8 Å². The first kappa shape index (κ1) is 13.4. The van der Waals surface area contributed by atoms with Crippen LogP contribution < -0.4 is 10.6 Å². The predicted octanol–water partition coefficient (Wildman–Crippen LogP) is 3.04. The maximum Gasteiger partial charge on any atom is 0.169 e. The smallest absolute Gasteiger partial charge is 0.169 e. The summed E-state index contributed by atoms with van der Waals surface area (Å²) in [6.07, 6.45) is 2.06. The largest absolute Gasteiger partial charge is 0.393 e. The molecule has 0 aliphatic rings. The Kier molecular flexibility index (Phi) is 4.41. The van der Waals surface area contributed by atoms with Gasteiger partial charge in [-0.25, -0.2) is 9.37 Å². The molecule has 2 aromatic rings. The molecule has 19 heavy (non-hydrogen) atoms. The second-order valence-corrected chi connectivity index (χ2v) is 4.54. The van der Waals surface area contributed by atoms with Crippen molar-refractivity contribution in [2.24, 2.45) is 5.73 Å². The SMILES string of the molecule is NC(=S)CCN(c1ccccc1)c1ncccc1F. The molecule has 1 aromatic carbocycles. The minimum Gasteiger partial charge on any atom is -0.393 e. The molecule has 0 amide bonds. The van der Waals surface area contributed by atoms with Crippen molar-refractivity contribution >= 4 is 28.7 Å². The van der Waals surface area contributed by atoms with E-state index in [2.05, 4.69) is 4.98 Å². The lowest BCUT2D eigenvalue weighted by atomic mass is 10.2. The van der Waals surface area contributed by atoms with Crippen LogP contribution in [0.2, 0.25) is 0 Å². The number of nitrogens with zero attached hydrogens (tertiary/aromatic N) is 2. The fourth-order valence-corrected chi connectivity index (χ4v) is 1.85. The molecule has 0 aliphatic carbocycles. The molecule has 2 N–H and O–H groups in total. The van der Waals surface area contributed by atoms with Gasteiger partial charge < -0.3 is 10.6 Å². The van der Waals surface area contributed by atoms with E-state index in [0.717, 1.165) is 5.69 Å². The number of pyridine rings is 1. The normalized spacial score (nSPS) is 10.2. The molecule has 3 nitrogen and oxygen atoms in total. The van der Waals surface area contributed by atoms with Gasteiger partial charge in [-0.1, -0.05) is 30.4 Å². The summed E-state index contributed by atoms with van der Waals surface area (Å²) in [5.74, 6) is -0.0840. The summed E-state index contributed by atoms with van der Waals surface area (Å²) in [4.78, 5) is 6.27. The second-order valence-electron chi connectivity index (χ2n) is 4.01. The Morgan fingerprint density at radius 1 is 1.21 bits per heavy atom. The van der Waals surface area contributed by atoms with Crippen LogP contribution in [0.1, 0.15) is 6.42 Å². The summed E-state index contributed by atoms with van der Waals surface area (Å²) in [6.45, 7) is 0.493. The average Bonchev–Trinajstić information content (AvgIpc) is 2.42. The van der Waals surface area contributed by atoms with Crippen LogP contribution >= 0.6 is 12.2 Å². The summed E-state index contributed by atoms with van der Waals surface area (Å²) in [7, 11) is 0. The zero-order valence-electron chi connectivity index (χ0n) is 10.3. The number of aromatic nitrogens is 1. The minimum atomic E-state index is -0.366. The summed E-state index contributed by atoms with van der Waals surface area (Å²) in [5.41, 5.74) is 6.38. The van der Waals surface area contributed by atoms with Crippen LogP contribution in [0, 0.1) is 5.82 Å². The fraction of sp³-hybridized carbons (Fsp3) is 0.143. The van der Waals surface area contributed by atoms with Crippen LogP contribution in [0.5, 0.6) is 0 Å². The zero-order chi connectivity index (χ0) is 13.7. The summed E-state index contributed by atoms with van der Waals surface area (Å²) in [5, 5.41) is 0.